The topological polar surface area (TPSA) is 63.0 Å². The maximum Gasteiger partial charge on any atom is 0.315 e. The summed E-state index contributed by atoms with van der Waals surface area (Å²) in [6, 6.07) is 0.785. The molecule has 0 radical (unpaired) electrons. The van der Waals surface area contributed by atoms with Crippen LogP contribution in [-0.4, -0.2) is 23.3 Å². The van der Waals surface area contributed by atoms with Gasteiger partial charge in [-0.05, 0) is 39.7 Å². The van der Waals surface area contributed by atoms with E-state index in [2.05, 4.69) is 33.8 Å². The van der Waals surface area contributed by atoms with Crippen LogP contribution in [0.4, 0.5) is 6.01 Å². The van der Waals surface area contributed by atoms with E-state index in [-0.39, 0.29) is 18.4 Å². The van der Waals surface area contributed by atoms with Crippen molar-refractivity contribution in [3.05, 3.63) is 17.5 Å². The molecule has 1 unspecified atom stereocenters. The number of hydrogen-bond donors (Lipinski definition) is 2. The fourth-order valence-electron chi connectivity index (χ4n) is 2.07. The molecule has 1 heterocycles. The lowest BCUT2D eigenvalue weighted by molar-refractivity contribution is 0.486. The third-order valence-corrected chi connectivity index (χ3v) is 3.02. The van der Waals surface area contributed by atoms with E-state index in [4.69, 9.17) is 4.42 Å². The van der Waals surface area contributed by atoms with Gasteiger partial charge < -0.3 is 15.1 Å². The van der Waals surface area contributed by atoms with Gasteiger partial charge in [0.2, 0.25) is 5.89 Å². The number of nitrogens with one attached hydrogen (secondary N) is 2. The van der Waals surface area contributed by atoms with E-state index in [0.29, 0.717) is 18.5 Å². The lowest BCUT2D eigenvalue weighted by Gasteiger charge is -2.19. The predicted octanol–water partition coefficient (Wildman–Crippen LogP) is 2.51. The first kappa shape index (κ1) is 15.0. The molecular formula is C12H21ClN4O. The van der Waals surface area contributed by atoms with Gasteiger partial charge in [-0.15, -0.1) is 17.5 Å². The van der Waals surface area contributed by atoms with Crippen molar-refractivity contribution in [2.24, 2.45) is 0 Å². The van der Waals surface area contributed by atoms with Crippen molar-refractivity contribution >= 4 is 18.4 Å². The molecule has 18 heavy (non-hydrogen) atoms. The zero-order chi connectivity index (χ0) is 12.1. The van der Waals surface area contributed by atoms with Gasteiger partial charge in [-0.3, -0.25) is 0 Å². The zero-order valence-corrected chi connectivity index (χ0v) is 11.7. The van der Waals surface area contributed by atoms with E-state index in [0.717, 1.165) is 0 Å². The standard InChI is InChI=1S/C12H20N4O.ClH/c1-9(10-6-4-3-5-7-10)14-12-16-15-11(17-12)8-13-2;/h6,9,13H,3-5,7-8H2,1-2H3,(H,14,16);1H. The molecule has 102 valence electrons. The number of anilines is 1. The Hall–Kier alpha value is -1.07. The Morgan fingerprint density at radius 2 is 2.22 bits per heavy atom. The third kappa shape index (κ3) is 3.99. The summed E-state index contributed by atoms with van der Waals surface area (Å²) in [6.07, 6.45) is 7.28. The van der Waals surface area contributed by atoms with Crippen molar-refractivity contribution in [2.45, 2.75) is 45.2 Å². The molecule has 1 aliphatic rings. The first-order valence-corrected chi connectivity index (χ1v) is 6.22. The number of nitrogens with zero attached hydrogens (tertiary/aromatic N) is 2. The van der Waals surface area contributed by atoms with Gasteiger partial charge in [-0.2, -0.15) is 0 Å². The Balaban J connectivity index is 0.00000162. The highest BCUT2D eigenvalue weighted by Gasteiger charge is 2.14. The molecule has 0 saturated heterocycles. The molecule has 2 N–H and O–H groups in total. The SMILES string of the molecule is CNCc1nnc(NC(C)C2=CCCCC2)o1.Cl. The van der Waals surface area contributed by atoms with Crippen molar-refractivity contribution in [3.63, 3.8) is 0 Å². The molecule has 1 atom stereocenters. The molecule has 0 aliphatic heterocycles. The van der Waals surface area contributed by atoms with E-state index in [1.165, 1.54) is 31.3 Å². The zero-order valence-electron chi connectivity index (χ0n) is 10.9. The number of halogens is 1. The Labute approximate surface area is 114 Å². The lowest BCUT2D eigenvalue weighted by Crippen LogP contribution is -2.19. The van der Waals surface area contributed by atoms with Gasteiger partial charge in [-0.1, -0.05) is 16.7 Å². The molecular weight excluding hydrogens is 252 g/mol. The van der Waals surface area contributed by atoms with E-state index >= 15 is 0 Å². The molecule has 6 heteroatoms. The Kier molecular flexibility index (Phi) is 6.15. The fourth-order valence-corrected chi connectivity index (χ4v) is 2.07. The van der Waals surface area contributed by atoms with Crippen LogP contribution in [0.25, 0.3) is 0 Å². The second-order valence-electron chi connectivity index (χ2n) is 4.42. The molecule has 1 aliphatic carbocycles. The van der Waals surface area contributed by atoms with Gasteiger partial charge in [0, 0.05) is 6.04 Å². The highest BCUT2D eigenvalue weighted by Crippen LogP contribution is 2.22. The predicted molar refractivity (Wildman–Crippen MR) is 73.9 cm³/mol. The van der Waals surface area contributed by atoms with Crippen LogP contribution in [0.15, 0.2) is 16.1 Å². The molecule has 1 aromatic rings. The highest BCUT2D eigenvalue weighted by molar-refractivity contribution is 5.85. The molecule has 5 nitrogen and oxygen atoms in total. The molecule has 0 bridgehead atoms. The van der Waals surface area contributed by atoms with Crippen LogP contribution >= 0.6 is 12.4 Å². The summed E-state index contributed by atoms with van der Waals surface area (Å²) in [7, 11) is 1.85. The summed E-state index contributed by atoms with van der Waals surface area (Å²) in [5.41, 5.74) is 1.45. The van der Waals surface area contributed by atoms with Gasteiger partial charge in [-0.25, -0.2) is 0 Å². The molecule has 0 fully saturated rings. The van der Waals surface area contributed by atoms with E-state index < -0.39 is 0 Å². The molecule has 0 amide bonds. The smallest absolute Gasteiger partial charge is 0.315 e. The van der Waals surface area contributed by atoms with Crippen LogP contribution in [0, 0.1) is 0 Å². The van der Waals surface area contributed by atoms with Crippen molar-refractivity contribution in [3.8, 4) is 0 Å². The Morgan fingerprint density at radius 1 is 1.39 bits per heavy atom. The monoisotopic (exact) mass is 272 g/mol. The average molecular weight is 273 g/mol. The van der Waals surface area contributed by atoms with Gasteiger partial charge in [0.15, 0.2) is 0 Å². The van der Waals surface area contributed by atoms with Crippen molar-refractivity contribution in [2.75, 3.05) is 12.4 Å². The second-order valence-corrected chi connectivity index (χ2v) is 4.42. The van der Waals surface area contributed by atoms with Crippen molar-refractivity contribution in [1.82, 2.24) is 15.5 Å². The first-order valence-electron chi connectivity index (χ1n) is 6.22. The summed E-state index contributed by atoms with van der Waals surface area (Å²) in [6.45, 7) is 2.74. The minimum atomic E-state index is 0. The van der Waals surface area contributed by atoms with Gasteiger partial charge in [0.25, 0.3) is 0 Å². The summed E-state index contributed by atoms with van der Waals surface area (Å²) in [4.78, 5) is 0. The van der Waals surface area contributed by atoms with Gasteiger partial charge >= 0.3 is 6.01 Å². The van der Waals surface area contributed by atoms with Crippen molar-refractivity contribution < 1.29 is 4.42 Å². The summed E-state index contributed by atoms with van der Waals surface area (Å²) < 4.78 is 5.46. The van der Waals surface area contributed by atoms with Gasteiger partial charge in [0.1, 0.15) is 0 Å². The second kappa shape index (κ2) is 7.38. The van der Waals surface area contributed by atoms with Crippen molar-refractivity contribution in [1.29, 1.82) is 0 Å². The van der Waals surface area contributed by atoms with Crippen LogP contribution in [0.1, 0.15) is 38.5 Å². The quantitative estimate of drug-likeness (QED) is 0.807. The normalized spacial score (nSPS) is 16.7. The van der Waals surface area contributed by atoms with Crippen LogP contribution in [0.2, 0.25) is 0 Å². The van der Waals surface area contributed by atoms with Crippen LogP contribution in [0.3, 0.4) is 0 Å². The third-order valence-electron chi connectivity index (χ3n) is 3.02. The summed E-state index contributed by atoms with van der Waals surface area (Å²) in [5.74, 6) is 0.611. The molecule has 0 spiro atoms. The largest absolute Gasteiger partial charge is 0.407 e. The summed E-state index contributed by atoms with van der Waals surface area (Å²) in [5, 5.41) is 14.2. The maximum absolute atomic E-state index is 5.46. The van der Waals surface area contributed by atoms with Gasteiger partial charge in [0.05, 0.1) is 6.54 Å². The molecule has 1 aromatic heterocycles. The Bertz CT molecular complexity index is 391. The van der Waals surface area contributed by atoms with Crippen LogP contribution in [-0.2, 0) is 6.54 Å². The molecule has 0 aromatic carbocycles. The highest BCUT2D eigenvalue weighted by atomic mass is 35.5. The number of hydrogen-bond acceptors (Lipinski definition) is 5. The fraction of sp³-hybridized carbons (Fsp3) is 0.667. The summed E-state index contributed by atoms with van der Waals surface area (Å²) >= 11 is 0. The minimum absolute atomic E-state index is 0. The minimum Gasteiger partial charge on any atom is -0.407 e. The maximum atomic E-state index is 5.46. The van der Waals surface area contributed by atoms with Crippen LogP contribution in [0.5, 0.6) is 0 Å². The van der Waals surface area contributed by atoms with E-state index in [9.17, 15) is 0 Å². The number of aromatic nitrogens is 2. The number of allylic oxidation sites excluding steroid dienone is 1. The van der Waals surface area contributed by atoms with E-state index in [1.807, 2.05) is 7.05 Å². The van der Waals surface area contributed by atoms with Crippen LogP contribution < -0.4 is 10.6 Å². The number of rotatable bonds is 5. The molecule has 0 saturated carbocycles. The average Bonchev–Trinajstić information content (AvgIpc) is 2.78. The Morgan fingerprint density at radius 3 is 2.89 bits per heavy atom. The lowest BCUT2D eigenvalue weighted by atomic mass is 9.95. The first-order chi connectivity index (χ1) is 8.29. The van der Waals surface area contributed by atoms with E-state index in [1.54, 1.807) is 0 Å². The molecule has 2 rings (SSSR count).